The number of amides is 1. The van der Waals surface area contributed by atoms with Gasteiger partial charge in [0.05, 0.1) is 6.61 Å². The molecule has 0 spiro atoms. The van der Waals surface area contributed by atoms with Crippen molar-refractivity contribution in [1.82, 2.24) is 5.32 Å². The number of furan rings is 1. The van der Waals surface area contributed by atoms with Crippen LogP contribution in [0.2, 0.25) is 0 Å². The third-order valence-corrected chi connectivity index (χ3v) is 4.06. The number of rotatable bonds is 6. The average Bonchev–Trinajstić information content (AvgIpc) is 3.25. The third-order valence-electron chi connectivity index (χ3n) is 4.06. The molecule has 0 radical (unpaired) electrons. The van der Waals surface area contributed by atoms with Gasteiger partial charge in [0.2, 0.25) is 0 Å². The summed E-state index contributed by atoms with van der Waals surface area (Å²) in [5.41, 5.74) is 0. The fourth-order valence-corrected chi connectivity index (χ4v) is 2.76. The Balaban J connectivity index is 1.61. The van der Waals surface area contributed by atoms with Crippen LogP contribution in [0.3, 0.4) is 0 Å². The molecule has 1 aromatic heterocycles. The fourth-order valence-electron chi connectivity index (χ4n) is 2.76. The summed E-state index contributed by atoms with van der Waals surface area (Å²) in [5, 5.41) is 3.03. The first-order valence-electron chi connectivity index (χ1n) is 7.97. The summed E-state index contributed by atoms with van der Waals surface area (Å²) in [7, 11) is 0. The van der Waals surface area contributed by atoms with Gasteiger partial charge in [-0.25, -0.2) is 0 Å². The Hall–Kier alpha value is -2.27. The maximum Gasteiger partial charge on any atom is 0.290 e. The van der Waals surface area contributed by atoms with E-state index in [1.807, 2.05) is 30.3 Å². The molecule has 2 heterocycles. The zero-order valence-electron chi connectivity index (χ0n) is 13.2. The van der Waals surface area contributed by atoms with Crippen molar-refractivity contribution in [2.24, 2.45) is 5.92 Å². The molecule has 5 nitrogen and oxygen atoms in total. The smallest absolute Gasteiger partial charge is 0.290 e. The Morgan fingerprint density at radius 3 is 2.83 bits per heavy atom. The Bertz CT molecular complexity index is 631. The first-order chi connectivity index (χ1) is 11.3. The van der Waals surface area contributed by atoms with Crippen molar-refractivity contribution in [1.29, 1.82) is 0 Å². The normalized spacial score (nSPS) is 18.6. The Kier molecular flexibility index (Phi) is 4.98. The van der Waals surface area contributed by atoms with E-state index >= 15 is 0 Å². The van der Waals surface area contributed by atoms with Crippen LogP contribution in [0.15, 0.2) is 46.9 Å². The number of benzene rings is 1. The van der Waals surface area contributed by atoms with Gasteiger partial charge in [-0.1, -0.05) is 25.1 Å². The molecule has 1 fully saturated rings. The molecule has 2 atom stereocenters. The van der Waals surface area contributed by atoms with Gasteiger partial charge in [0.15, 0.2) is 5.76 Å². The molecule has 0 unspecified atom stereocenters. The predicted molar refractivity (Wildman–Crippen MR) is 85.7 cm³/mol. The van der Waals surface area contributed by atoms with Crippen LogP contribution in [0.25, 0.3) is 0 Å². The second kappa shape index (κ2) is 7.33. The maximum absolute atomic E-state index is 12.3. The van der Waals surface area contributed by atoms with Gasteiger partial charge in [0.25, 0.3) is 11.9 Å². The number of para-hydroxylation sites is 1. The molecular formula is C18H21NO4. The van der Waals surface area contributed by atoms with Crippen LogP contribution in [0.5, 0.6) is 11.7 Å². The maximum atomic E-state index is 12.3. The number of carbonyl (C=O) groups excluding carboxylic acids is 1. The predicted octanol–water partition coefficient (Wildman–Crippen LogP) is 3.62. The minimum absolute atomic E-state index is 0.105. The van der Waals surface area contributed by atoms with E-state index in [9.17, 15) is 4.79 Å². The van der Waals surface area contributed by atoms with Crippen LogP contribution >= 0.6 is 0 Å². The molecule has 0 saturated carbocycles. The highest BCUT2D eigenvalue weighted by molar-refractivity contribution is 5.91. The number of hydrogen-bond donors (Lipinski definition) is 1. The lowest BCUT2D eigenvalue weighted by atomic mass is 9.97. The average molecular weight is 315 g/mol. The number of ether oxygens (including phenoxy) is 2. The summed E-state index contributed by atoms with van der Waals surface area (Å²) in [6.07, 6.45) is 1.85. The molecule has 1 N–H and O–H groups in total. The van der Waals surface area contributed by atoms with E-state index in [2.05, 4.69) is 12.2 Å². The molecule has 1 saturated heterocycles. The monoisotopic (exact) mass is 315 g/mol. The first kappa shape index (κ1) is 15.6. The van der Waals surface area contributed by atoms with Crippen molar-refractivity contribution >= 4 is 5.91 Å². The molecule has 122 valence electrons. The van der Waals surface area contributed by atoms with E-state index in [1.54, 1.807) is 12.1 Å². The summed E-state index contributed by atoms with van der Waals surface area (Å²) in [6.45, 7) is 3.54. The zero-order chi connectivity index (χ0) is 16.1. The summed E-state index contributed by atoms with van der Waals surface area (Å²) >= 11 is 0. The van der Waals surface area contributed by atoms with E-state index < -0.39 is 0 Å². The summed E-state index contributed by atoms with van der Waals surface area (Å²) in [6, 6.07) is 12.7. The largest absolute Gasteiger partial charge is 0.426 e. The topological polar surface area (TPSA) is 60.7 Å². The Morgan fingerprint density at radius 2 is 2.13 bits per heavy atom. The fraction of sp³-hybridized carbons (Fsp3) is 0.389. The lowest BCUT2D eigenvalue weighted by Gasteiger charge is -2.21. The van der Waals surface area contributed by atoms with Gasteiger partial charge in [0.1, 0.15) is 5.75 Å². The Morgan fingerprint density at radius 1 is 1.30 bits per heavy atom. The van der Waals surface area contributed by atoms with E-state index in [0.717, 1.165) is 19.4 Å². The van der Waals surface area contributed by atoms with E-state index in [0.29, 0.717) is 24.2 Å². The lowest BCUT2D eigenvalue weighted by Crippen LogP contribution is -2.40. The molecule has 2 aromatic rings. The quantitative estimate of drug-likeness (QED) is 0.884. The molecule has 0 bridgehead atoms. The molecule has 5 heteroatoms. The number of hydrogen-bond acceptors (Lipinski definition) is 4. The van der Waals surface area contributed by atoms with Crippen LogP contribution < -0.4 is 10.1 Å². The van der Waals surface area contributed by atoms with Crippen LogP contribution in [0.1, 0.15) is 30.3 Å². The zero-order valence-corrected chi connectivity index (χ0v) is 13.2. The van der Waals surface area contributed by atoms with Crippen molar-refractivity contribution in [2.45, 2.75) is 25.8 Å². The second-order valence-electron chi connectivity index (χ2n) is 5.65. The first-order valence-corrected chi connectivity index (χ1v) is 7.97. The highest BCUT2D eigenvalue weighted by Gasteiger charge is 2.26. The number of carbonyl (C=O) groups is 1. The summed E-state index contributed by atoms with van der Waals surface area (Å²) < 4.78 is 16.5. The van der Waals surface area contributed by atoms with Gasteiger partial charge >= 0.3 is 0 Å². The third kappa shape index (κ3) is 3.93. The summed E-state index contributed by atoms with van der Waals surface area (Å²) in [4.78, 5) is 12.3. The van der Waals surface area contributed by atoms with Crippen molar-refractivity contribution in [2.75, 3.05) is 13.2 Å². The Labute approximate surface area is 135 Å². The molecule has 0 aliphatic carbocycles. The van der Waals surface area contributed by atoms with E-state index in [4.69, 9.17) is 13.9 Å². The highest BCUT2D eigenvalue weighted by atomic mass is 16.6. The second-order valence-corrected chi connectivity index (χ2v) is 5.65. The van der Waals surface area contributed by atoms with Crippen LogP contribution in [0, 0.1) is 5.92 Å². The van der Waals surface area contributed by atoms with Gasteiger partial charge in [-0.15, -0.1) is 0 Å². The van der Waals surface area contributed by atoms with Crippen molar-refractivity contribution in [3.05, 3.63) is 48.2 Å². The van der Waals surface area contributed by atoms with Crippen LogP contribution in [0.4, 0.5) is 0 Å². The van der Waals surface area contributed by atoms with E-state index in [1.165, 1.54) is 0 Å². The standard InChI is InChI=1S/C18H21NO4/c1-2-15(13-10-11-21-12-13)19-18(20)16-8-9-17(23-16)22-14-6-4-3-5-7-14/h3-9,13,15H,2,10-12H2,1H3,(H,19,20)/t13-,15+/m1/s1. The summed E-state index contributed by atoms with van der Waals surface area (Å²) in [5.74, 6) is 1.39. The van der Waals surface area contributed by atoms with Crippen LogP contribution in [-0.4, -0.2) is 25.2 Å². The lowest BCUT2D eigenvalue weighted by molar-refractivity contribution is 0.0881. The molecule has 1 aromatic carbocycles. The molecule has 1 amide bonds. The van der Waals surface area contributed by atoms with E-state index in [-0.39, 0.29) is 17.7 Å². The van der Waals surface area contributed by atoms with Gasteiger partial charge in [-0.3, -0.25) is 4.79 Å². The van der Waals surface area contributed by atoms with Gasteiger partial charge in [-0.05, 0) is 31.0 Å². The van der Waals surface area contributed by atoms with Gasteiger partial charge < -0.3 is 19.2 Å². The van der Waals surface area contributed by atoms with Crippen molar-refractivity contribution in [3.63, 3.8) is 0 Å². The van der Waals surface area contributed by atoms with Gasteiger partial charge in [0, 0.05) is 24.6 Å². The molecule has 1 aliphatic heterocycles. The number of nitrogens with one attached hydrogen (secondary N) is 1. The molecule has 1 aliphatic rings. The van der Waals surface area contributed by atoms with Crippen molar-refractivity contribution in [3.8, 4) is 11.7 Å². The highest BCUT2D eigenvalue weighted by Crippen LogP contribution is 2.24. The van der Waals surface area contributed by atoms with Gasteiger partial charge in [-0.2, -0.15) is 0 Å². The van der Waals surface area contributed by atoms with Crippen molar-refractivity contribution < 1.29 is 18.7 Å². The SMILES string of the molecule is CC[C@H](NC(=O)c1ccc(Oc2ccccc2)o1)[C@@H]1CCOC1. The minimum Gasteiger partial charge on any atom is -0.426 e. The van der Waals surface area contributed by atoms with Crippen LogP contribution in [-0.2, 0) is 4.74 Å². The molecule has 3 rings (SSSR count). The molecular weight excluding hydrogens is 294 g/mol. The minimum atomic E-state index is -0.216. The molecule has 23 heavy (non-hydrogen) atoms.